The number of urea groups is 1. The Labute approximate surface area is 88.8 Å². The van der Waals surface area contributed by atoms with Crippen molar-refractivity contribution in [3.8, 4) is 5.75 Å². The molecule has 0 aliphatic rings. The first kappa shape index (κ1) is 11.1. The zero-order valence-corrected chi connectivity index (χ0v) is 8.77. The lowest BCUT2D eigenvalue weighted by molar-refractivity contribution is 0.250. The lowest BCUT2D eigenvalue weighted by atomic mass is 10.3. The monoisotopic (exact) mass is 206 g/mol. The number of phenolic OH excluding ortho intramolecular Hbond substituents is 1. The molecule has 0 saturated carbocycles. The van der Waals surface area contributed by atoms with Gasteiger partial charge < -0.3 is 10.4 Å². The highest BCUT2D eigenvalue weighted by Crippen LogP contribution is 2.16. The van der Waals surface area contributed by atoms with Crippen molar-refractivity contribution in [3.05, 3.63) is 36.5 Å². The van der Waals surface area contributed by atoms with Gasteiger partial charge in [0.25, 0.3) is 0 Å². The SMILES string of the molecule is C/C=C/NC(=O)N(C)c1ccc(O)cc1. The molecule has 0 aromatic heterocycles. The highest BCUT2D eigenvalue weighted by atomic mass is 16.3. The standard InChI is InChI=1S/C11H14N2O2/c1-3-8-12-11(15)13(2)9-4-6-10(14)7-5-9/h3-8,14H,1-2H3,(H,12,15)/b8-3+. The first-order chi connectivity index (χ1) is 7.15. The van der Waals surface area contributed by atoms with E-state index >= 15 is 0 Å². The molecule has 1 aromatic carbocycles. The first-order valence-electron chi connectivity index (χ1n) is 4.59. The Morgan fingerprint density at radius 2 is 2.00 bits per heavy atom. The molecule has 1 aromatic rings. The predicted molar refractivity (Wildman–Crippen MR) is 59.9 cm³/mol. The summed E-state index contributed by atoms with van der Waals surface area (Å²) in [5.41, 5.74) is 0.717. The molecule has 2 amide bonds. The Morgan fingerprint density at radius 1 is 1.40 bits per heavy atom. The minimum absolute atomic E-state index is 0.181. The maximum Gasteiger partial charge on any atom is 0.325 e. The van der Waals surface area contributed by atoms with Crippen LogP contribution in [0.1, 0.15) is 6.92 Å². The van der Waals surface area contributed by atoms with Crippen LogP contribution in [0.5, 0.6) is 5.75 Å². The lowest BCUT2D eigenvalue weighted by Crippen LogP contribution is -2.34. The number of benzene rings is 1. The second-order valence-corrected chi connectivity index (χ2v) is 3.02. The number of carbonyl (C=O) groups is 1. The average molecular weight is 206 g/mol. The second-order valence-electron chi connectivity index (χ2n) is 3.02. The van der Waals surface area contributed by atoms with Gasteiger partial charge in [-0.1, -0.05) is 6.08 Å². The van der Waals surface area contributed by atoms with Crippen LogP contribution in [0.15, 0.2) is 36.5 Å². The van der Waals surface area contributed by atoms with Crippen molar-refractivity contribution in [3.63, 3.8) is 0 Å². The molecule has 0 radical (unpaired) electrons. The number of carbonyl (C=O) groups excluding carboxylic acids is 1. The minimum Gasteiger partial charge on any atom is -0.508 e. The summed E-state index contributed by atoms with van der Waals surface area (Å²) in [7, 11) is 1.66. The molecule has 80 valence electrons. The highest BCUT2D eigenvalue weighted by molar-refractivity contribution is 5.91. The molecule has 1 rings (SSSR count). The molecule has 0 atom stereocenters. The normalized spacial score (nSPS) is 10.3. The van der Waals surface area contributed by atoms with Crippen LogP contribution in [0.3, 0.4) is 0 Å². The molecule has 4 heteroatoms. The summed E-state index contributed by atoms with van der Waals surface area (Å²) in [6.07, 6.45) is 3.31. The fourth-order valence-electron chi connectivity index (χ4n) is 1.04. The first-order valence-corrected chi connectivity index (χ1v) is 4.59. The van der Waals surface area contributed by atoms with Crippen molar-refractivity contribution >= 4 is 11.7 Å². The van der Waals surface area contributed by atoms with Crippen LogP contribution in [-0.2, 0) is 0 Å². The van der Waals surface area contributed by atoms with Gasteiger partial charge in [0.05, 0.1) is 0 Å². The van der Waals surface area contributed by atoms with Gasteiger partial charge in [-0.15, -0.1) is 0 Å². The third-order valence-electron chi connectivity index (χ3n) is 1.92. The Morgan fingerprint density at radius 3 is 2.53 bits per heavy atom. The van der Waals surface area contributed by atoms with Gasteiger partial charge in [-0.05, 0) is 31.2 Å². The molecular formula is C11H14N2O2. The molecule has 4 nitrogen and oxygen atoms in total. The Kier molecular flexibility index (Phi) is 3.74. The van der Waals surface area contributed by atoms with Gasteiger partial charge in [0, 0.05) is 18.9 Å². The molecule has 0 unspecified atom stereocenters. The van der Waals surface area contributed by atoms with Crippen molar-refractivity contribution in [2.45, 2.75) is 6.92 Å². The van der Waals surface area contributed by atoms with E-state index in [-0.39, 0.29) is 11.8 Å². The van der Waals surface area contributed by atoms with Crippen LogP contribution < -0.4 is 10.2 Å². The largest absolute Gasteiger partial charge is 0.508 e. The summed E-state index contributed by atoms with van der Waals surface area (Å²) in [6.45, 7) is 1.82. The van der Waals surface area contributed by atoms with Crippen molar-refractivity contribution < 1.29 is 9.90 Å². The third kappa shape index (κ3) is 3.02. The van der Waals surface area contributed by atoms with E-state index in [9.17, 15) is 4.79 Å². The number of phenols is 1. The van der Waals surface area contributed by atoms with E-state index in [2.05, 4.69) is 5.32 Å². The smallest absolute Gasteiger partial charge is 0.325 e. The molecular weight excluding hydrogens is 192 g/mol. The summed E-state index contributed by atoms with van der Waals surface area (Å²) in [4.78, 5) is 12.9. The zero-order chi connectivity index (χ0) is 11.3. The van der Waals surface area contributed by atoms with Gasteiger partial charge >= 0.3 is 6.03 Å². The number of anilines is 1. The number of allylic oxidation sites excluding steroid dienone is 1. The molecule has 0 bridgehead atoms. The number of amides is 2. The number of hydrogen-bond acceptors (Lipinski definition) is 2. The van der Waals surface area contributed by atoms with E-state index < -0.39 is 0 Å². The van der Waals surface area contributed by atoms with Crippen LogP contribution >= 0.6 is 0 Å². The fraction of sp³-hybridized carbons (Fsp3) is 0.182. The Hall–Kier alpha value is -1.97. The van der Waals surface area contributed by atoms with Crippen molar-refractivity contribution in [2.24, 2.45) is 0 Å². The van der Waals surface area contributed by atoms with Crippen molar-refractivity contribution in [1.29, 1.82) is 0 Å². The van der Waals surface area contributed by atoms with E-state index in [1.54, 1.807) is 31.5 Å². The summed E-state index contributed by atoms with van der Waals surface area (Å²) >= 11 is 0. The zero-order valence-electron chi connectivity index (χ0n) is 8.77. The average Bonchev–Trinajstić information content (AvgIpc) is 2.26. The van der Waals surface area contributed by atoms with Crippen LogP contribution in [0.4, 0.5) is 10.5 Å². The van der Waals surface area contributed by atoms with E-state index in [1.165, 1.54) is 17.0 Å². The van der Waals surface area contributed by atoms with Gasteiger partial charge in [0.1, 0.15) is 5.75 Å². The second kappa shape index (κ2) is 5.05. The predicted octanol–water partition coefficient (Wildman–Crippen LogP) is 2.07. The van der Waals surface area contributed by atoms with Crippen LogP contribution in [-0.4, -0.2) is 18.2 Å². The van der Waals surface area contributed by atoms with E-state index in [0.717, 1.165) is 5.69 Å². The quantitative estimate of drug-likeness (QED) is 0.778. The van der Waals surface area contributed by atoms with Gasteiger partial charge in [0.15, 0.2) is 0 Å². The van der Waals surface area contributed by atoms with Crippen LogP contribution in [0, 0.1) is 0 Å². The molecule has 0 saturated heterocycles. The molecule has 0 spiro atoms. The van der Waals surface area contributed by atoms with Crippen LogP contribution in [0.2, 0.25) is 0 Å². The molecule has 0 aliphatic carbocycles. The maximum absolute atomic E-state index is 11.5. The maximum atomic E-state index is 11.5. The Balaban J connectivity index is 2.71. The van der Waals surface area contributed by atoms with Gasteiger partial charge in [-0.3, -0.25) is 4.90 Å². The van der Waals surface area contributed by atoms with E-state index in [4.69, 9.17) is 5.11 Å². The minimum atomic E-state index is -0.223. The van der Waals surface area contributed by atoms with Gasteiger partial charge in [0.2, 0.25) is 0 Å². The number of rotatable bonds is 2. The van der Waals surface area contributed by atoms with Gasteiger partial charge in [-0.2, -0.15) is 0 Å². The molecule has 0 fully saturated rings. The summed E-state index contributed by atoms with van der Waals surface area (Å²) in [5.74, 6) is 0.181. The third-order valence-corrected chi connectivity index (χ3v) is 1.92. The van der Waals surface area contributed by atoms with Crippen molar-refractivity contribution in [1.82, 2.24) is 5.32 Å². The highest BCUT2D eigenvalue weighted by Gasteiger charge is 2.08. The number of nitrogens with one attached hydrogen (secondary N) is 1. The molecule has 2 N–H and O–H groups in total. The fourth-order valence-corrected chi connectivity index (χ4v) is 1.04. The topological polar surface area (TPSA) is 52.6 Å². The number of aromatic hydroxyl groups is 1. The Bertz CT molecular complexity index is 357. The molecule has 0 aliphatic heterocycles. The molecule has 0 heterocycles. The number of hydrogen-bond donors (Lipinski definition) is 2. The van der Waals surface area contributed by atoms with Gasteiger partial charge in [-0.25, -0.2) is 4.79 Å². The summed E-state index contributed by atoms with van der Waals surface area (Å²) in [5, 5.41) is 11.7. The van der Waals surface area contributed by atoms with Crippen molar-refractivity contribution in [2.75, 3.05) is 11.9 Å². The van der Waals surface area contributed by atoms with E-state index in [0.29, 0.717) is 0 Å². The number of nitrogens with zero attached hydrogens (tertiary/aromatic N) is 1. The van der Waals surface area contributed by atoms with E-state index in [1.807, 2.05) is 6.92 Å². The molecule has 15 heavy (non-hydrogen) atoms. The van der Waals surface area contributed by atoms with Crippen LogP contribution in [0.25, 0.3) is 0 Å². The lowest BCUT2D eigenvalue weighted by Gasteiger charge is -2.16. The summed E-state index contributed by atoms with van der Waals surface area (Å²) in [6, 6.07) is 6.19. The summed E-state index contributed by atoms with van der Waals surface area (Å²) < 4.78 is 0.